The summed E-state index contributed by atoms with van der Waals surface area (Å²) in [5, 5.41) is 9.51. The van der Waals surface area contributed by atoms with Crippen molar-refractivity contribution in [3.05, 3.63) is 42.0 Å². The summed E-state index contributed by atoms with van der Waals surface area (Å²) in [5.74, 6) is 0.445. The van der Waals surface area contributed by atoms with Crippen LogP contribution in [0.4, 0.5) is 10.2 Å². The lowest BCUT2D eigenvalue weighted by molar-refractivity contribution is 0.114. The summed E-state index contributed by atoms with van der Waals surface area (Å²) in [7, 11) is 3.48. The average Bonchev–Trinajstić information content (AvgIpc) is 2.94. The summed E-state index contributed by atoms with van der Waals surface area (Å²) in [6.07, 6.45) is 3.26. The van der Waals surface area contributed by atoms with Crippen LogP contribution in [0.2, 0.25) is 0 Å². The molecule has 0 fully saturated rings. The fourth-order valence-corrected chi connectivity index (χ4v) is 3.13. The second-order valence-corrected chi connectivity index (χ2v) is 6.01. The van der Waals surface area contributed by atoms with Crippen LogP contribution in [0, 0.1) is 5.82 Å². The zero-order valence-corrected chi connectivity index (χ0v) is 14.5. The van der Waals surface area contributed by atoms with E-state index in [1.807, 2.05) is 13.3 Å². The van der Waals surface area contributed by atoms with Crippen LogP contribution in [0.3, 0.4) is 0 Å². The molecule has 0 unspecified atom stereocenters. The lowest BCUT2D eigenvalue weighted by Gasteiger charge is -2.17. The third kappa shape index (κ3) is 3.20. The van der Waals surface area contributed by atoms with Gasteiger partial charge in [0.1, 0.15) is 23.0 Å². The van der Waals surface area contributed by atoms with E-state index < -0.39 is 0 Å². The van der Waals surface area contributed by atoms with Gasteiger partial charge in [-0.15, -0.1) is 11.8 Å². The third-order valence-electron chi connectivity index (χ3n) is 3.76. The van der Waals surface area contributed by atoms with Crippen molar-refractivity contribution in [2.24, 2.45) is 7.05 Å². The summed E-state index contributed by atoms with van der Waals surface area (Å²) in [6, 6.07) is 6.30. The third-order valence-corrected chi connectivity index (χ3v) is 4.44. The number of aryl methyl sites for hydroxylation is 1. The van der Waals surface area contributed by atoms with Gasteiger partial charge in [-0.3, -0.25) is 0 Å². The van der Waals surface area contributed by atoms with Crippen molar-refractivity contribution in [2.75, 3.05) is 25.2 Å². The molecule has 8 heteroatoms. The second-order valence-electron chi connectivity index (χ2n) is 5.21. The minimum Gasteiger partial charge on any atom is -0.375 e. The summed E-state index contributed by atoms with van der Waals surface area (Å²) in [5.41, 5.74) is 1.67. The molecule has 6 nitrogen and oxygen atoms in total. The Labute approximate surface area is 143 Å². The highest BCUT2D eigenvalue weighted by Crippen LogP contribution is 2.29. The predicted molar refractivity (Wildman–Crippen MR) is 92.7 cm³/mol. The number of ether oxygens (including phenoxy) is 1. The minimum atomic E-state index is -0.265. The standard InChI is InChI=1S/C16H18FN5OS/c1-22-15-13(16(21-22)24-3)14(19-9-20-15)18-8-12(23-2)10-4-6-11(17)7-5-10/h4-7,9,12H,8H2,1-3H3,(H,18,19,20)/t12-/m0/s1. The zero-order chi connectivity index (χ0) is 17.1. The minimum absolute atomic E-state index is 0.218. The van der Waals surface area contributed by atoms with E-state index in [2.05, 4.69) is 20.4 Å². The number of hydrogen-bond acceptors (Lipinski definition) is 6. The van der Waals surface area contributed by atoms with E-state index in [4.69, 9.17) is 4.74 Å². The molecule has 0 aliphatic carbocycles. The normalized spacial score (nSPS) is 12.5. The smallest absolute Gasteiger partial charge is 0.164 e. The molecule has 0 aliphatic rings. The maximum atomic E-state index is 13.1. The van der Waals surface area contributed by atoms with Gasteiger partial charge in [-0.2, -0.15) is 5.10 Å². The molecule has 126 valence electrons. The number of halogens is 1. The Morgan fingerprint density at radius 3 is 2.71 bits per heavy atom. The molecule has 3 aromatic rings. The van der Waals surface area contributed by atoms with Gasteiger partial charge < -0.3 is 10.1 Å². The first-order valence-corrected chi connectivity index (χ1v) is 8.60. The average molecular weight is 347 g/mol. The van der Waals surface area contributed by atoms with Gasteiger partial charge in [-0.25, -0.2) is 19.0 Å². The van der Waals surface area contributed by atoms with Crippen LogP contribution in [0.5, 0.6) is 0 Å². The van der Waals surface area contributed by atoms with Gasteiger partial charge in [0.15, 0.2) is 5.65 Å². The maximum Gasteiger partial charge on any atom is 0.164 e. The SMILES string of the molecule is CO[C@@H](CNc1ncnc2c1c(SC)nn2C)c1ccc(F)cc1. The first-order valence-electron chi connectivity index (χ1n) is 7.38. The predicted octanol–water partition coefficient (Wildman–Crippen LogP) is 3.02. The van der Waals surface area contributed by atoms with Gasteiger partial charge in [-0.05, 0) is 24.0 Å². The summed E-state index contributed by atoms with van der Waals surface area (Å²) in [6.45, 7) is 0.497. The fraction of sp³-hybridized carbons (Fsp3) is 0.312. The number of hydrogen-bond donors (Lipinski definition) is 1. The molecule has 0 bridgehead atoms. The molecule has 2 heterocycles. The Balaban J connectivity index is 1.85. The summed E-state index contributed by atoms with van der Waals surface area (Å²) in [4.78, 5) is 8.63. The summed E-state index contributed by atoms with van der Waals surface area (Å²) < 4.78 is 20.3. The first kappa shape index (κ1) is 16.7. The van der Waals surface area contributed by atoms with Crippen molar-refractivity contribution in [3.8, 4) is 0 Å². The molecular weight excluding hydrogens is 329 g/mol. The molecule has 0 spiro atoms. The number of aromatic nitrogens is 4. The molecule has 0 radical (unpaired) electrons. The van der Waals surface area contributed by atoms with E-state index in [1.54, 1.807) is 35.7 Å². The number of nitrogens with zero attached hydrogens (tertiary/aromatic N) is 4. The van der Waals surface area contributed by atoms with E-state index in [0.717, 1.165) is 21.6 Å². The number of methoxy groups -OCH3 is 1. The number of nitrogens with one attached hydrogen (secondary N) is 1. The van der Waals surface area contributed by atoms with Crippen molar-refractivity contribution < 1.29 is 9.13 Å². The number of benzene rings is 1. The number of thioether (sulfide) groups is 1. The lowest BCUT2D eigenvalue weighted by Crippen LogP contribution is -2.15. The molecule has 0 amide bonds. The van der Waals surface area contributed by atoms with Gasteiger partial charge in [0.05, 0.1) is 11.5 Å². The van der Waals surface area contributed by atoms with Crippen LogP contribution in [-0.4, -0.2) is 39.7 Å². The van der Waals surface area contributed by atoms with Crippen LogP contribution in [0.15, 0.2) is 35.6 Å². The van der Waals surface area contributed by atoms with Gasteiger partial charge in [0.2, 0.25) is 0 Å². The van der Waals surface area contributed by atoms with Crippen LogP contribution in [0.1, 0.15) is 11.7 Å². The van der Waals surface area contributed by atoms with Gasteiger partial charge >= 0.3 is 0 Å². The van der Waals surface area contributed by atoms with Crippen molar-refractivity contribution in [3.63, 3.8) is 0 Å². The molecule has 0 saturated heterocycles. The lowest BCUT2D eigenvalue weighted by atomic mass is 10.1. The van der Waals surface area contributed by atoms with Crippen molar-refractivity contribution in [1.29, 1.82) is 0 Å². The summed E-state index contributed by atoms with van der Waals surface area (Å²) >= 11 is 1.55. The number of anilines is 1. The Morgan fingerprint density at radius 2 is 2.04 bits per heavy atom. The Kier molecular flexibility index (Phi) is 4.96. The first-order chi connectivity index (χ1) is 11.6. The molecule has 1 aromatic carbocycles. The quantitative estimate of drug-likeness (QED) is 0.692. The maximum absolute atomic E-state index is 13.1. The number of fused-ring (bicyclic) bond motifs is 1. The molecule has 1 N–H and O–H groups in total. The van der Waals surface area contributed by atoms with Gasteiger partial charge in [0.25, 0.3) is 0 Å². The van der Waals surface area contributed by atoms with Gasteiger partial charge in [-0.1, -0.05) is 12.1 Å². The highest BCUT2D eigenvalue weighted by molar-refractivity contribution is 7.98. The molecule has 3 rings (SSSR count). The monoisotopic (exact) mass is 347 g/mol. The largest absolute Gasteiger partial charge is 0.375 e. The molecular formula is C16H18FN5OS. The van der Waals surface area contributed by atoms with E-state index in [-0.39, 0.29) is 11.9 Å². The zero-order valence-electron chi connectivity index (χ0n) is 13.7. The molecule has 24 heavy (non-hydrogen) atoms. The Hall–Kier alpha value is -2.19. The molecule has 0 saturated carbocycles. The van der Waals surface area contributed by atoms with Crippen molar-refractivity contribution in [1.82, 2.24) is 19.7 Å². The van der Waals surface area contributed by atoms with E-state index in [1.165, 1.54) is 18.5 Å². The van der Waals surface area contributed by atoms with Crippen LogP contribution < -0.4 is 5.32 Å². The van der Waals surface area contributed by atoms with Crippen LogP contribution in [-0.2, 0) is 11.8 Å². The van der Waals surface area contributed by atoms with Crippen molar-refractivity contribution in [2.45, 2.75) is 11.1 Å². The van der Waals surface area contributed by atoms with Crippen LogP contribution >= 0.6 is 11.8 Å². The molecule has 1 atom stereocenters. The highest BCUT2D eigenvalue weighted by Gasteiger charge is 2.16. The molecule has 2 aromatic heterocycles. The van der Waals surface area contributed by atoms with E-state index in [9.17, 15) is 4.39 Å². The van der Waals surface area contributed by atoms with Crippen LogP contribution in [0.25, 0.3) is 11.0 Å². The topological polar surface area (TPSA) is 64.9 Å². The fourth-order valence-electron chi connectivity index (χ4n) is 2.53. The highest BCUT2D eigenvalue weighted by atomic mass is 32.2. The second kappa shape index (κ2) is 7.14. The Morgan fingerprint density at radius 1 is 1.29 bits per heavy atom. The molecule has 0 aliphatic heterocycles. The van der Waals surface area contributed by atoms with E-state index >= 15 is 0 Å². The van der Waals surface area contributed by atoms with E-state index in [0.29, 0.717) is 12.4 Å². The van der Waals surface area contributed by atoms with Crippen molar-refractivity contribution >= 4 is 28.6 Å². The van der Waals surface area contributed by atoms with Gasteiger partial charge in [0, 0.05) is 20.7 Å². The Bertz CT molecular complexity index is 836. The number of rotatable bonds is 6.